The van der Waals surface area contributed by atoms with E-state index in [1.165, 1.54) is 27.7 Å². The van der Waals surface area contributed by atoms with Crippen LogP contribution in [0.4, 0.5) is 5.69 Å². The van der Waals surface area contributed by atoms with Gasteiger partial charge in [-0.1, -0.05) is 11.8 Å². The SMILES string of the molecule is Cc1nn(C)c(C)c1NC(=O)CSc1nc2ccsc2c(=O)n1C. The van der Waals surface area contributed by atoms with E-state index >= 15 is 0 Å². The Balaban J connectivity index is 1.75. The molecule has 0 aliphatic heterocycles. The Kier molecular flexibility index (Phi) is 4.46. The topological polar surface area (TPSA) is 81.8 Å². The Morgan fingerprint density at radius 2 is 2.12 bits per heavy atom. The van der Waals surface area contributed by atoms with Crippen molar-refractivity contribution in [1.29, 1.82) is 0 Å². The molecule has 1 N–H and O–H groups in total. The first-order chi connectivity index (χ1) is 11.4. The van der Waals surface area contributed by atoms with E-state index in [-0.39, 0.29) is 17.2 Å². The van der Waals surface area contributed by atoms with Gasteiger partial charge in [0.05, 0.1) is 28.3 Å². The zero-order chi connectivity index (χ0) is 17.4. The normalized spacial score (nSPS) is 11.2. The first kappa shape index (κ1) is 16.7. The first-order valence-corrected chi connectivity index (χ1v) is 9.12. The number of carbonyl (C=O) groups is 1. The summed E-state index contributed by atoms with van der Waals surface area (Å²) >= 11 is 2.62. The van der Waals surface area contributed by atoms with Crippen LogP contribution in [-0.2, 0) is 18.9 Å². The molecule has 0 atom stereocenters. The lowest BCUT2D eigenvalue weighted by atomic mass is 10.3. The fraction of sp³-hybridized carbons (Fsp3) is 0.333. The molecular weight excluding hydrogens is 346 g/mol. The number of fused-ring (bicyclic) bond motifs is 1. The second-order valence-electron chi connectivity index (χ2n) is 5.40. The number of aryl methyl sites for hydroxylation is 2. The van der Waals surface area contributed by atoms with E-state index in [1.54, 1.807) is 11.7 Å². The highest BCUT2D eigenvalue weighted by atomic mass is 32.2. The van der Waals surface area contributed by atoms with E-state index in [9.17, 15) is 9.59 Å². The maximum Gasteiger partial charge on any atom is 0.271 e. The number of thiophene rings is 1. The molecule has 3 aromatic heterocycles. The van der Waals surface area contributed by atoms with Gasteiger partial charge in [0.15, 0.2) is 5.16 Å². The van der Waals surface area contributed by atoms with Crippen molar-refractivity contribution in [3.63, 3.8) is 0 Å². The minimum absolute atomic E-state index is 0.0862. The molecule has 7 nitrogen and oxygen atoms in total. The molecule has 0 saturated heterocycles. The largest absolute Gasteiger partial charge is 0.322 e. The van der Waals surface area contributed by atoms with E-state index in [0.29, 0.717) is 15.4 Å². The molecule has 3 aromatic rings. The lowest BCUT2D eigenvalue weighted by Gasteiger charge is -2.08. The third-order valence-electron chi connectivity index (χ3n) is 3.75. The number of aromatic nitrogens is 4. The number of anilines is 1. The van der Waals surface area contributed by atoms with Crippen LogP contribution in [0.15, 0.2) is 21.4 Å². The Labute approximate surface area is 146 Å². The van der Waals surface area contributed by atoms with Gasteiger partial charge < -0.3 is 5.32 Å². The van der Waals surface area contributed by atoms with Crippen LogP contribution in [0.2, 0.25) is 0 Å². The van der Waals surface area contributed by atoms with Gasteiger partial charge in [0.1, 0.15) is 4.70 Å². The van der Waals surface area contributed by atoms with Crippen molar-refractivity contribution in [1.82, 2.24) is 19.3 Å². The van der Waals surface area contributed by atoms with E-state index < -0.39 is 0 Å². The summed E-state index contributed by atoms with van der Waals surface area (Å²) in [5.41, 5.74) is 3.00. The highest BCUT2D eigenvalue weighted by Gasteiger charge is 2.15. The molecule has 0 unspecified atom stereocenters. The van der Waals surface area contributed by atoms with Gasteiger partial charge in [-0.3, -0.25) is 18.8 Å². The van der Waals surface area contributed by atoms with E-state index in [2.05, 4.69) is 15.4 Å². The Morgan fingerprint density at radius 1 is 1.38 bits per heavy atom. The molecule has 0 saturated carbocycles. The van der Waals surface area contributed by atoms with Gasteiger partial charge >= 0.3 is 0 Å². The van der Waals surface area contributed by atoms with Gasteiger partial charge in [-0.05, 0) is 25.3 Å². The third-order valence-corrected chi connectivity index (χ3v) is 5.67. The smallest absolute Gasteiger partial charge is 0.271 e. The van der Waals surface area contributed by atoms with Crippen LogP contribution in [0.25, 0.3) is 10.2 Å². The molecule has 0 bridgehead atoms. The summed E-state index contributed by atoms with van der Waals surface area (Å²) in [6, 6.07) is 1.81. The number of rotatable bonds is 4. The van der Waals surface area contributed by atoms with Crippen molar-refractivity contribution in [3.05, 3.63) is 33.2 Å². The van der Waals surface area contributed by atoms with Gasteiger partial charge in [0.2, 0.25) is 5.91 Å². The van der Waals surface area contributed by atoms with Crippen LogP contribution in [-0.4, -0.2) is 31.0 Å². The van der Waals surface area contributed by atoms with E-state index in [4.69, 9.17) is 0 Å². The number of hydrogen-bond donors (Lipinski definition) is 1. The van der Waals surface area contributed by atoms with Crippen molar-refractivity contribution in [3.8, 4) is 0 Å². The standard InChI is InChI=1S/C15H17N5O2S2/c1-8-12(9(2)20(4)18-8)17-11(21)7-24-15-16-10-5-6-23-13(10)14(22)19(15)3/h5-6H,7H2,1-4H3,(H,17,21). The number of hydrogen-bond acceptors (Lipinski definition) is 6. The summed E-state index contributed by atoms with van der Waals surface area (Å²) in [5.74, 6) is 0.0165. The van der Waals surface area contributed by atoms with E-state index in [1.807, 2.05) is 32.3 Å². The quantitative estimate of drug-likeness (QED) is 0.567. The Morgan fingerprint density at radius 3 is 2.79 bits per heavy atom. The van der Waals surface area contributed by atoms with Crippen LogP contribution in [0.3, 0.4) is 0 Å². The lowest BCUT2D eigenvalue weighted by molar-refractivity contribution is -0.113. The van der Waals surface area contributed by atoms with E-state index in [0.717, 1.165) is 17.1 Å². The van der Waals surface area contributed by atoms with Crippen LogP contribution in [0, 0.1) is 13.8 Å². The molecule has 0 spiro atoms. The Bertz CT molecular complexity index is 986. The van der Waals surface area contributed by atoms with Crippen molar-refractivity contribution >= 4 is 44.9 Å². The van der Waals surface area contributed by atoms with Gasteiger partial charge in [0, 0.05) is 14.1 Å². The average molecular weight is 363 g/mol. The van der Waals surface area contributed by atoms with Crippen LogP contribution in [0.5, 0.6) is 0 Å². The fourth-order valence-corrected chi connectivity index (χ4v) is 3.93. The van der Waals surface area contributed by atoms with Gasteiger partial charge in [-0.25, -0.2) is 4.98 Å². The fourth-order valence-electron chi connectivity index (χ4n) is 2.36. The zero-order valence-electron chi connectivity index (χ0n) is 13.8. The number of nitrogens with one attached hydrogen (secondary N) is 1. The molecule has 0 fully saturated rings. The average Bonchev–Trinajstić information content (AvgIpc) is 3.10. The lowest BCUT2D eigenvalue weighted by Crippen LogP contribution is -2.20. The van der Waals surface area contributed by atoms with Gasteiger partial charge in [0.25, 0.3) is 5.56 Å². The zero-order valence-corrected chi connectivity index (χ0v) is 15.4. The molecule has 3 heterocycles. The third kappa shape index (κ3) is 2.96. The second kappa shape index (κ2) is 6.40. The first-order valence-electron chi connectivity index (χ1n) is 7.25. The maximum atomic E-state index is 12.2. The molecule has 0 aliphatic carbocycles. The van der Waals surface area contributed by atoms with Gasteiger partial charge in [-0.2, -0.15) is 5.10 Å². The van der Waals surface area contributed by atoms with Crippen molar-refractivity contribution in [2.75, 3.05) is 11.1 Å². The molecule has 9 heteroatoms. The molecule has 0 radical (unpaired) electrons. The number of amides is 1. The van der Waals surface area contributed by atoms with Crippen molar-refractivity contribution in [2.45, 2.75) is 19.0 Å². The molecule has 1 amide bonds. The minimum atomic E-state index is -0.154. The molecular formula is C15H17N5O2S2. The highest BCUT2D eigenvalue weighted by Crippen LogP contribution is 2.22. The number of thioether (sulfide) groups is 1. The summed E-state index contributed by atoms with van der Waals surface area (Å²) < 4.78 is 3.85. The second-order valence-corrected chi connectivity index (χ2v) is 7.26. The summed E-state index contributed by atoms with van der Waals surface area (Å²) in [7, 11) is 3.51. The van der Waals surface area contributed by atoms with Crippen LogP contribution in [0.1, 0.15) is 11.4 Å². The number of carbonyl (C=O) groups excluding carboxylic acids is 1. The molecule has 24 heavy (non-hydrogen) atoms. The predicted octanol–water partition coefficient (Wildman–Crippen LogP) is 2.08. The summed E-state index contributed by atoms with van der Waals surface area (Å²) in [6.45, 7) is 3.75. The van der Waals surface area contributed by atoms with Crippen LogP contribution < -0.4 is 10.9 Å². The molecule has 0 aliphatic rings. The van der Waals surface area contributed by atoms with Crippen molar-refractivity contribution in [2.24, 2.45) is 14.1 Å². The molecule has 3 rings (SSSR count). The molecule has 0 aromatic carbocycles. The van der Waals surface area contributed by atoms with Gasteiger partial charge in [-0.15, -0.1) is 11.3 Å². The molecule has 126 valence electrons. The van der Waals surface area contributed by atoms with Crippen LogP contribution >= 0.6 is 23.1 Å². The number of nitrogens with zero attached hydrogens (tertiary/aromatic N) is 4. The minimum Gasteiger partial charge on any atom is -0.322 e. The predicted molar refractivity (Wildman–Crippen MR) is 96.9 cm³/mol. The summed E-state index contributed by atoms with van der Waals surface area (Å²) in [6.07, 6.45) is 0. The maximum absolute atomic E-state index is 12.2. The Hall–Kier alpha value is -2.13. The summed E-state index contributed by atoms with van der Waals surface area (Å²) in [5, 5.41) is 9.52. The van der Waals surface area contributed by atoms with Crippen molar-refractivity contribution < 1.29 is 4.79 Å². The summed E-state index contributed by atoms with van der Waals surface area (Å²) in [4.78, 5) is 28.9. The monoisotopic (exact) mass is 363 g/mol. The highest BCUT2D eigenvalue weighted by molar-refractivity contribution is 7.99.